The third kappa shape index (κ3) is 2.63. The van der Waals surface area contributed by atoms with Gasteiger partial charge in [0.15, 0.2) is 0 Å². The van der Waals surface area contributed by atoms with Crippen molar-refractivity contribution in [1.29, 1.82) is 0 Å². The number of nitrogen functional groups attached to an aromatic ring is 1. The Balaban J connectivity index is 2.40. The van der Waals surface area contributed by atoms with E-state index in [2.05, 4.69) is 0 Å². The quantitative estimate of drug-likeness (QED) is 0.690. The highest BCUT2D eigenvalue weighted by Gasteiger charge is 2.27. The minimum absolute atomic E-state index is 0.0336. The molecule has 1 saturated carbocycles. The van der Waals surface area contributed by atoms with Crippen molar-refractivity contribution in [2.75, 3.05) is 23.8 Å². The third-order valence-corrected chi connectivity index (χ3v) is 3.55. The first kappa shape index (κ1) is 13.6. The van der Waals surface area contributed by atoms with Crippen LogP contribution in [0, 0.1) is 5.82 Å². The molecule has 104 valence electrons. The zero-order valence-corrected chi connectivity index (χ0v) is 10.6. The van der Waals surface area contributed by atoms with E-state index in [0.29, 0.717) is 6.54 Å². The number of hydrogen-bond acceptors (Lipinski definition) is 4. The topological polar surface area (TPSA) is 92.6 Å². The lowest BCUT2D eigenvalue weighted by Gasteiger charge is -2.39. The number of carbonyl (C=O) groups is 1. The summed E-state index contributed by atoms with van der Waals surface area (Å²) >= 11 is 0. The molecule has 19 heavy (non-hydrogen) atoms. The molecule has 0 aliphatic heterocycles. The van der Waals surface area contributed by atoms with Gasteiger partial charge in [0.25, 0.3) is 5.91 Å². The molecule has 6 heteroatoms. The predicted octanol–water partition coefficient (Wildman–Crippen LogP) is 0.858. The van der Waals surface area contributed by atoms with Crippen molar-refractivity contribution in [1.82, 2.24) is 0 Å². The molecule has 0 heterocycles. The number of nitrogens with zero attached hydrogens (tertiary/aromatic N) is 1. The van der Waals surface area contributed by atoms with E-state index in [1.165, 1.54) is 6.07 Å². The van der Waals surface area contributed by atoms with Crippen LogP contribution < -0.4 is 16.4 Å². The van der Waals surface area contributed by atoms with Crippen LogP contribution in [-0.4, -0.2) is 30.2 Å². The number of hydrogen-bond donors (Lipinski definition) is 3. The van der Waals surface area contributed by atoms with Gasteiger partial charge in [0, 0.05) is 18.3 Å². The Kier molecular flexibility index (Phi) is 3.90. The van der Waals surface area contributed by atoms with E-state index < -0.39 is 11.7 Å². The number of nitrogens with two attached hydrogens (primary N) is 2. The van der Waals surface area contributed by atoms with E-state index in [9.17, 15) is 9.18 Å². The number of aliphatic hydroxyl groups is 1. The Morgan fingerprint density at radius 2 is 2.16 bits per heavy atom. The largest absolute Gasteiger partial charge is 0.398 e. The predicted molar refractivity (Wildman–Crippen MR) is 71.4 cm³/mol. The van der Waals surface area contributed by atoms with Gasteiger partial charge in [-0.05, 0) is 31.4 Å². The van der Waals surface area contributed by atoms with Crippen LogP contribution in [0.1, 0.15) is 29.6 Å². The van der Waals surface area contributed by atoms with Crippen LogP contribution in [0.3, 0.4) is 0 Å². The molecule has 5 nitrogen and oxygen atoms in total. The average molecular weight is 267 g/mol. The van der Waals surface area contributed by atoms with Crippen molar-refractivity contribution < 1.29 is 14.3 Å². The molecule has 1 aliphatic rings. The lowest BCUT2D eigenvalue weighted by atomic mass is 9.90. The van der Waals surface area contributed by atoms with Crippen molar-refractivity contribution in [3.63, 3.8) is 0 Å². The van der Waals surface area contributed by atoms with Crippen molar-refractivity contribution >= 4 is 17.3 Å². The number of benzene rings is 1. The van der Waals surface area contributed by atoms with Crippen molar-refractivity contribution in [2.45, 2.75) is 25.3 Å². The van der Waals surface area contributed by atoms with Crippen molar-refractivity contribution in [2.24, 2.45) is 5.73 Å². The van der Waals surface area contributed by atoms with Crippen LogP contribution in [0.2, 0.25) is 0 Å². The van der Waals surface area contributed by atoms with Gasteiger partial charge in [-0.3, -0.25) is 4.79 Å². The molecular weight excluding hydrogens is 249 g/mol. The molecule has 0 saturated heterocycles. The summed E-state index contributed by atoms with van der Waals surface area (Å²) in [5, 5.41) is 9.11. The van der Waals surface area contributed by atoms with Crippen LogP contribution in [0.25, 0.3) is 0 Å². The summed E-state index contributed by atoms with van der Waals surface area (Å²) in [5.74, 6) is -1.18. The Morgan fingerprint density at radius 3 is 2.63 bits per heavy atom. The van der Waals surface area contributed by atoms with Gasteiger partial charge in [0.2, 0.25) is 0 Å². The van der Waals surface area contributed by atoms with Gasteiger partial charge in [-0.25, -0.2) is 4.39 Å². The number of carbonyl (C=O) groups excluding carboxylic acids is 1. The fourth-order valence-corrected chi connectivity index (χ4v) is 2.32. The molecule has 0 unspecified atom stereocenters. The second-order valence-electron chi connectivity index (χ2n) is 4.76. The van der Waals surface area contributed by atoms with Gasteiger partial charge in [0.1, 0.15) is 5.82 Å². The van der Waals surface area contributed by atoms with Crippen LogP contribution in [0.15, 0.2) is 12.1 Å². The molecule has 1 aliphatic carbocycles. The summed E-state index contributed by atoms with van der Waals surface area (Å²) in [6, 6.07) is 2.69. The summed E-state index contributed by atoms with van der Waals surface area (Å²) in [7, 11) is 0. The molecule has 0 bridgehead atoms. The summed E-state index contributed by atoms with van der Waals surface area (Å²) in [5.41, 5.74) is 11.2. The maximum Gasteiger partial charge on any atom is 0.250 e. The molecule has 2 rings (SSSR count). The van der Waals surface area contributed by atoms with Crippen LogP contribution >= 0.6 is 0 Å². The number of amides is 1. The minimum Gasteiger partial charge on any atom is -0.398 e. The average Bonchev–Trinajstić information content (AvgIpc) is 2.25. The van der Waals surface area contributed by atoms with Crippen LogP contribution in [-0.2, 0) is 0 Å². The molecule has 0 spiro atoms. The second-order valence-corrected chi connectivity index (χ2v) is 4.76. The van der Waals surface area contributed by atoms with Gasteiger partial charge < -0.3 is 21.5 Å². The Labute approximate surface area is 111 Å². The third-order valence-electron chi connectivity index (χ3n) is 3.55. The second kappa shape index (κ2) is 5.44. The van der Waals surface area contributed by atoms with Gasteiger partial charge in [-0.1, -0.05) is 0 Å². The van der Waals surface area contributed by atoms with E-state index in [4.69, 9.17) is 16.6 Å². The molecule has 5 N–H and O–H groups in total. The minimum atomic E-state index is -0.684. The van der Waals surface area contributed by atoms with E-state index in [0.717, 1.165) is 25.3 Å². The first-order valence-corrected chi connectivity index (χ1v) is 6.31. The first-order valence-electron chi connectivity index (χ1n) is 6.31. The van der Waals surface area contributed by atoms with Crippen molar-refractivity contribution in [3.8, 4) is 0 Å². The molecule has 0 atom stereocenters. The molecule has 1 aromatic rings. The fourth-order valence-electron chi connectivity index (χ4n) is 2.32. The Morgan fingerprint density at radius 1 is 1.47 bits per heavy atom. The zero-order chi connectivity index (χ0) is 14.0. The molecule has 1 fully saturated rings. The maximum atomic E-state index is 14.0. The monoisotopic (exact) mass is 267 g/mol. The summed E-state index contributed by atoms with van der Waals surface area (Å²) in [4.78, 5) is 13.1. The number of aliphatic hydroxyl groups excluding tert-OH is 1. The number of rotatable bonds is 5. The standard InChI is InChI=1S/C13H18FN3O2/c14-10-7-11(15)9(13(16)19)6-12(10)17(4-5-18)8-2-1-3-8/h6-8,18H,1-5,15H2,(H2,16,19). The number of halogens is 1. The number of primary amides is 1. The number of anilines is 2. The smallest absolute Gasteiger partial charge is 0.250 e. The maximum absolute atomic E-state index is 14.0. The summed E-state index contributed by atoms with van der Waals surface area (Å²) < 4.78 is 14.0. The van der Waals surface area contributed by atoms with E-state index >= 15 is 0 Å². The van der Waals surface area contributed by atoms with Crippen molar-refractivity contribution in [3.05, 3.63) is 23.5 Å². The van der Waals surface area contributed by atoms with Gasteiger partial charge in [-0.15, -0.1) is 0 Å². The van der Waals surface area contributed by atoms with Crippen LogP contribution in [0.5, 0.6) is 0 Å². The highest BCUT2D eigenvalue weighted by Crippen LogP contribution is 2.33. The molecule has 1 aromatic carbocycles. The van der Waals surface area contributed by atoms with E-state index in [-0.39, 0.29) is 29.6 Å². The Bertz CT molecular complexity index is 489. The summed E-state index contributed by atoms with van der Waals surface area (Å²) in [6.07, 6.45) is 3.00. The van der Waals surface area contributed by atoms with Crippen LogP contribution in [0.4, 0.5) is 15.8 Å². The van der Waals surface area contributed by atoms with Gasteiger partial charge in [0.05, 0.1) is 17.9 Å². The molecule has 1 amide bonds. The lowest BCUT2D eigenvalue weighted by Crippen LogP contribution is -2.42. The lowest BCUT2D eigenvalue weighted by molar-refractivity contribution is 0.100. The zero-order valence-electron chi connectivity index (χ0n) is 10.6. The van der Waals surface area contributed by atoms with E-state index in [1.54, 1.807) is 4.90 Å². The van der Waals surface area contributed by atoms with E-state index in [1.807, 2.05) is 0 Å². The molecule has 0 radical (unpaired) electrons. The molecule has 0 aromatic heterocycles. The van der Waals surface area contributed by atoms with Gasteiger partial charge >= 0.3 is 0 Å². The summed E-state index contributed by atoms with van der Waals surface area (Å²) in [6.45, 7) is 0.246. The SMILES string of the molecule is NC(=O)c1cc(N(CCO)C2CCC2)c(F)cc1N. The molecular formula is C13H18FN3O2. The highest BCUT2D eigenvalue weighted by atomic mass is 19.1. The fraction of sp³-hybridized carbons (Fsp3) is 0.462. The first-order chi connectivity index (χ1) is 9.04. The highest BCUT2D eigenvalue weighted by molar-refractivity contribution is 5.99. The normalized spacial score (nSPS) is 15.1. The Hall–Kier alpha value is -1.82. The van der Waals surface area contributed by atoms with Gasteiger partial charge in [-0.2, -0.15) is 0 Å².